The Bertz CT molecular complexity index is 620. The van der Waals surface area contributed by atoms with Gasteiger partial charge in [-0.05, 0) is 40.6 Å². The number of nitrogens with zero attached hydrogens (tertiary/aromatic N) is 1. The summed E-state index contributed by atoms with van der Waals surface area (Å²) in [5.41, 5.74) is 1.98. The Morgan fingerprint density at radius 1 is 1.24 bits per heavy atom. The highest BCUT2D eigenvalue weighted by Crippen LogP contribution is 2.24. The van der Waals surface area contributed by atoms with Crippen molar-refractivity contribution in [3.05, 3.63) is 67.8 Å². The van der Waals surface area contributed by atoms with Crippen LogP contribution in [0.2, 0.25) is 0 Å². The van der Waals surface area contributed by atoms with E-state index in [1.54, 1.807) is 6.07 Å². The molecule has 0 amide bonds. The molecule has 0 saturated carbocycles. The fourth-order valence-electron chi connectivity index (χ4n) is 2.01. The Labute approximate surface area is 136 Å². The number of halogens is 1. The predicted octanol–water partition coefficient (Wildman–Crippen LogP) is 3.21. The molecule has 6 heteroatoms. The second-order valence-corrected chi connectivity index (χ2v) is 5.80. The number of anilines is 1. The van der Waals surface area contributed by atoms with Gasteiger partial charge in [-0.1, -0.05) is 30.3 Å². The lowest BCUT2D eigenvalue weighted by Crippen LogP contribution is -2.26. The van der Waals surface area contributed by atoms with E-state index < -0.39 is 4.92 Å². The molecule has 0 radical (unpaired) electrons. The highest BCUT2D eigenvalue weighted by molar-refractivity contribution is 14.1. The van der Waals surface area contributed by atoms with Crippen LogP contribution in [0.1, 0.15) is 5.56 Å². The lowest BCUT2D eigenvalue weighted by Gasteiger charge is -2.18. The van der Waals surface area contributed by atoms with Gasteiger partial charge in [0.1, 0.15) is 0 Å². The van der Waals surface area contributed by atoms with Gasteiger partial charge in [-0.3, -0.25) is 10.1 Å². The summed E-state index contributed by atoms with van der Waals surface area (Å²) < 4.78 is 0.758. The third-order valence-corrected chi connectivity index (χ3v) is 3.96. The summed E-state index contributed by atoms with van der Waals surface area (Å²) in [6, 6.07) is 14.4. The van der Waals surface area contributed by atoms with Crippen LogP contribution in [0, 0.1) is 13.7 Å². The Morgan fingerprint density at radius 3 is 2.52 bits per heavy atom. The summed E-state index contributed by atoms with van der Waals surface area (Å²) in [4.78, 5) is 10.3. The van der Waals surface area contributed by atoms with Gasteiger partial charge in [0.15, 0.2) is 0 Å². The molecule has 5 nitrogen and oxygen atoms in total. The van der Waals surface area contributed by atoms with Crippen LogP contribution in [-0.4, -0.2) is 22.7 Å². The molecule has 110 valence electrons. The maximum atomic E-state index is 10.7. The Morgan fingerprint density at radius 2 is 1.95 bits per heavy atom. The first-order chi connectivity index (χ1) is 10.1. The molecule has 0 saturated heterocycles. The number of nitro groups is 1. The maximum absolute atomic E-state index is 10.7. The van der Waals surface area contributed by atoms with Crippen LogP contribution in [0.5, 0.6) is 0 Å². The molecule has 0 heterocycles. The molecule has 0 aliphatic carbocycles. The number of rotatable bonds is 6. The molecule has 2 aromatic carbocycles. The van der Waals surface area contributed by atoms with Crippen LogP contribution < -0.4 is 5.32 Å². The van der Waals surface area contributed by atoms with Gasteiger partial charge in [-0.2, -0.15) is 0 Å². The van der Waals surface area contributed by atoms with Crippen LogP contribution in [-0.2, 0) is 6.42 Å². The lowest BCUT2D eigenvalue weighted by atomic mass is 10.1. The average Bonchev–Trinajstić information content (AvgIpc) is 2.49. The molecule has 2 rings (SSSR count). The minimum atomic E-state index is -0.417. The van der Waals surface area contributed by atoms with Gasteiger partial charge in [0.25, 0.3) is 5.69 Å². The molecule has 1 atom stereocenters. The number of nitrogens with one attached hydrogen (secondary N) is 1. The topological polar surface area (TPSA) is 75.4 Å². The number of hydrogen-bond donors (Lipinski definition) is 2. The molecule has 1 unspecified atom stereocenters. The zero-order chi connectivity index (χ0) is 15.2. The highest BCUT2D eigenvalue weighted by Gasteiger charge is 2.13. The van der Waals surface area contributed by atoms with Gasteiger partial charge in [-0.15, -0.1) is 0 Å². The smallest absolute Gasteiger partial charge is 0.270 e. The first-order valence-electron chi connectivity index (χ1n) is 6.45. The van der Waals surface area contributed by atoms with Crippen molar-refractivity contribution in [2.75, 3.05) is 11.9 Å². The maximum Gasteiger partial charge on any atom is 0.270 e. The number of aliphatic hydroxyl groups excluding tert-OH is 1. The van der Waals surface area contributed by atoms with Crippen molar-refractivity contribution in [1.29, 1.82) is 0 Å². The summed E-state index contributed by atoms with van der Waals surface area (Å²) in [7, 11) is 0. The second-order valence-electron chi connectivity index (χ2n) is 4.63. The first-order valence-corrected chi connectivity index (χ1v) is 7.53. The largest absolute Gasteiger partial charge is 0.394 e. The van der Waals surface area contributed by atoms with Gasteiger partial charge in [0.05, 0.1) is 17.6 Å². The Kier molecular flexibility index (Phi) is 5.51. The van der Waals surface area contributed by atoms with Crippen LogP contribution in [0.3, 0.4) is 0 Å². The summed E-state index contributed by atoms with van der Waals surface area (Å²) in [5, 5.41) is 23.5. The number of aliphatic hydroxyl groups is 1. The molecule has 0 aromatic heterocycles. The number of benzene rings is 2. The number of nitro benzene ring substituents is 1. The quantitative estimate of drug-likeness (QED) is 0.445. The minimum absolute atomic E-state index is 0.0119. The van der Waals surface area contributed by atoms with Crippen molar-refractivity contribution in [3.63, 3.8) is 0 Å². The normalized spacial score (nSPS) is 11.9. The molecule has 0 spiro atoms. The van der Waals surface area contributed by atoms with E-state index in [0.29, 0.717) is 6.42 Å². The van der Waals surface area contributed by atoms with E-state index in [4.69, 9.17) is 0 Å². The second kappa shape index (κ2) is 7.37. The van der Waals surface area contributed by atoms with Crippen molar-refractivity contribution < 1.29 is 10.0 Å². The minimum Gasteiger partial charge on any atom is -0.394 e. The molecule has 0 aliphatic rings. The van der Waals surface area contributed by atoms with Crippen molar-refractivity contribution in [3.8, 4) is 0 Å². The molecular weight excluding hydrogens is 383 g/mol. The fraction of sp³-hybridized carbons (Fsp3) is 0.200. The van der Waals surface area contributed by atoms with Crippen LogP contribution in [0.25, 0.3) is 0 Å². The molecule has 2 N–H and O–H groups in total. The van der Waals surface area contributed by atoms with Crippen molar-refractivity contribution in [2.45, 2.75) is 12.5 Å². The van der Waals surface area contributed by atoms with E-state index in [9.17, 15) is 15.2 Å². The number of hydrogen-bond acceptors (Lipinski definition) is 4. The van der Waals surface area contributed by atoms with E-state index in [-0.39, 0.29) is 18.3 Å². The van der Waals surface area contributed by atoms with E-state index in [1.165, 1.54) is 12.1 Å². The van der Waals surface area contributed by atoms with E-state index in [2.05, 4.69) is 27.9 Å². The van der Waals surface area contributed by atoms with E-state index >= 15 is 0 Å². The van der Waals surface area contributed by atoms with Crippen LogP contribution in [0.15, 0.2) is 48.5 Å². The van der Waals surface area contributed by atoms with E-state index in [1.807, 2.05) is 30.3 Å². The number of non-ortho nitro benzene ring substituents is 1. The predicted molar refractivity (Wildman–Crippen MR) is 90.5 cm³/mol. The first kappa shape index (κ1) is 15.7. The highest BCUT2D eigenvalue weighted by atomic mass is 127. The van der Waals surface area contributed by atoms with Crippen LogP contribution >= 0.6 is 22.6 Å². The zero-order valence-electron chi connectivity index (χ0n) is 11.2. The van der Waals surface area contributed by atoms with Gasteiger partial charge in [-0.25, -0.2) is 0 Å². The summed E-state index contributed by atoms with van der Waals surface area (Å²) in [6.45, 7) is -0.0119. The lowest BCUT2D eigenvalue weighted by molar-refractivity contribution is -0.384. The summed E-state index contributed by atoms with van der Waals surface area (Å²) >= 11 is 2.05. The molecule has 0 fully saturated rings. The third kappa shape index (κ3) is 4.40. The van der Waals surface area contributed by atoms with Gasteiger partial charge >= 0.3 is 0 Å². The summed E-state index contributed by atoms with van der Waals surface area (Å²) in [5.74, 6) is 0. The molecule has 0 aliphatic heterocycles. The fourth-order valence-corrected chi connectivity index (χ4v) is 2.67. The SMILES string of the molecule is O=[N+]([O-])c1ccc(NC(CO)Cc2ccccc2)c(I)c1. The summed E-state index contributed by atoms with van der Waals surface area (Å²) in [6.07, 6.45) is 0.685. The molecule has 0 bridgehead atoms. The Balaban J connectivity index is 2.10. The molecular formula is C15H15IN2O3. The zero-order valence-corrected chi connectivity index (χ0v) is 13.4. The standard InChI is InChI=1S/C15H15IN2O3/c16-14-9-13(18(20)21)6-7-15(14)17-12(10-19)8-11-4-2-1-3-5-11/h1-7,9,12,17,19H,8,10H2. The Hall–Kier alpha value is -1.67. The average molecular weight is 398 g/mol. The van der Waals surface area contributed by atoms with Crippen molar-refractivity contribution >= 4 is 34.0 Å². The monoisotopic (exact) mass is 398 g/mol. The van der Waals surface area contributed by atoms with Gasteiger partial charge < -0.3 is 10.4 Å². The van der Waals surface area contributed by atoms with Gasteiger partial charge in [0.2, 0.25) is 0 Å². The van der Waals surface area contributed by atoms with E-state index in [0.717, 1.165) is 14.8 Å². The van der Waals surface area contributed by atoms with Crippen LogP contribution in [0.4, 0.5) is 11.4 Å². The van der Waals surface area contributed by atoms with Gasteiger partial charge in [0, 0.05) is 21.4 Å². The third-order valence-electron chi connectivity index (χ3n) is 3.07. The van der Waals surface area contributed by atoms with Crippen molar-refractivity contribution in [1.82, 2.24) is 0 Å². The van der Waals surface area contributed by atoms with Crippen molar-refractivity contribution in [2.24, 2.45) is 0 Å². The molecule has 21 heavy (non-hydrogen) atoms. The molecule has 2 aromatic rings.